The molecule has 15 heteroatoms. The zero-order valence-electron chi connectivity index (χ0n) is 8.48. The monoisotopic (exact) mass is 343 g/mol. The molecule has 0 unspecified atom stereocenters. The maximum Gasteiger partial charge on any atom is 0.516 e. The number of carbonyl (C=O) groups is 1. The topological polar surface area (TPSA) is 83.5 Å². The van der Waals surface area contributed by atoms with Gasteiger partial charge in [-0.1, -0.05) is 0 Å². The summed E-state index contributed by atoms with van der Waals surface area (Å²) in [6.07, 6.45) is -13.6. The van der Waals surface area contributed by atoms with Gasteiger partial charge < -0.3 is 5.11 Å². The lowest BCUT2D eigenvalue weighted by atomic mass is 10.0. The van der Waals surface area contributed by atoms with Crippen molar-refractivity contribution in [3.63, 3.8) is 0 Å². The Kier molecular flexibility index (Phi) is 4.35. The fourth-order valence-corrected chi connectivity index (χ4v) is 1.18. The van der Waals surface area contributed by atoms with Crippen LogP contribution >= 0.6 is 0 Å². The van der Waals surface area contributed by atoms with Gasteiger partial charge >= 0.3 is 33.5 Å². The van der Waals surface area contributed by atoms with Crippen LogP contribution < -0.4 is 4.72 Å². The Bertz CT molecular complexity index is 472. The van der Waals surface area contributed by atoms with E-state index in [9.17, 15) is 52.7 Å². The van der Waals surface area contributed by atoms with E-state index in [1.807, 2.05) is 0 Å². The number of amides is 1. The van der Waals surface area contributed by atoms with Crippen molar-refractivity contribution in [1.29, 1.82) is 0 Å². The molecule has 0 aliphatic carbocycles. The second-order valence-electron chi connectivity index (χ2n) is 3.09. The van der Waals surface area contributed by atoms with Gasteiger partial charge in [0.2, 0.25) is 0 Å². The van der Waals surface area contributed by atoms with E-state index in [4.69, 9.17) is 5.11 Å². The average Bonchev–Trinajstić information content (AvgIpc) is 2.09. The van der Waals surface area contributed by atoms with Crippen LogP contribution in [0.15, 0.2) is 0 Å². The van der Waals surface area contributed by atoms with Crippen molar-refractivity contribution in [2.75, 3.05) is 0 Å². The Morgan fingerprint density at radius 3 is 1.35 bits per heavy atom. The standard InChI is InChI=1S/C5H2F9NO4S/c6-3(7,8)2(17,4(9,10)11)1(16)15-20(18,19)5(12,13)14/h17H,(H,15,16). The number of rotatable bonds is 2. The predicted octanol–water partition coefficient (Wildman–Crippen LogP) is 0.808. The molecular formula is C5H2F9NO4S. The first-order valence-corrected chi connectivity index (χ1v) is 5.35. The minimum absolute atomic E-state index is 0.532. The molecule has 1 amide bonds. The summed E-state index contributed by atoms with van der Waals surface area (Å²) in [4.78, 5) is 10.5. The molecule has 0 aliphatic heterocycles. The van der Waals surface area contributed by atoms with Gasteiger partial charge in [0.15, 0.2) is 0 Å². The van der Waals surface area contributed by atoms with Gasteiger partial charge in [0.05, 0.1) is 0 Å². The first-order valence-electron chi connectivity index (χ1n) is 3.87. The SMILES string of the molecule is O=C(NS(=O)(=O)C(F)(F)F)C(O)(C(F)(F)F)C(F)(F)F. The van der Waals surface area contributed by atoms with Gasteiger partial charge in [0, 0.05) is 0 Å². The van der Waals surface area contributed by atoms with Gasteiger partial charge in [-0.3, -0.25) is 4.79 Å². The first-order chi connectivity index (χ1) is 8.38. The van der Waals surface area contributed by atoms with Gasteiger partial charge in [0.1, 0.15) is 0 Å². The van der Waals surface area contributed by atoms with E-state index >= 15 is 0 Å². The molecule has 5 nitrogen and oxygen atoms in total. The molecule has 0 aromatic rings. The van der Waals surface area contributed by atoms with E-state index in [1.165, 1.54) is 0 Å². The zero-order valence-corrected chi connectivity index (χ0v) is 9.30. The highest BCUT2D eigenvalue weighted by molar-refractivity contribution is 7.90. The maximum atomic E-state index is 12.0. The summed E-state index contributed by atoms with van der Waals surface area (Å²) < 4.78 is 127. The molecule has 0 aromatic heterocycles. The second-order valence-corrected chi connectivity index (χ2v) is 4.76. The molecule has 0 aliphatic rings. The van der Waals surface area contributed by atoms with Crippen LogP contribution in [0.1, 0.15) is 0 Å². The molecule has 0 rings (SSSR count). The highest BCUT2D eigenvalue weighted by atomic mass is 32.2. The number of halogens is 9. The Morgan fingerprint density at radius 1 is 0.850 bits per heavy atom. The second kappa shape index (κ2) is 4.64. The number of nitrogens with one attached hydrogen (secondary N) is 1. The lowest BCUT2D eigenvalue weighted by molar-refractivity contribution is -0.349. The van der Waals surface area contributed by atoms with Crippen LogP contribution in [-0.4, -0.2) is 42.9 Å². The summed E-state index contributed by atoms with van der Waals surface area (Å²) in [5.41, 5.74) is -12.7. The number of carbonyl (C=O) groups excluding carboxylic acids is 1. The largest absolute Gasteiger partial charge is 0.516 e. The molecule has 0 saturated heterocycles. The van der Waals surface area contributed by atoms with E-state index in [-0.39, 0.29) is 0 Å². The Labute approximate surface area is 103 Å². The van der Waals surface area contributed by atoms with Crippen LogP contribution in [0.2, 0.25) is 0 Å². The number of aliphatic hydroxyl groups is 1. The van der Waals surface area contributed by atoms with Gasteiger partial charge in [0.25, 0.3) is 5.91 Å². The first kappa shape index (κ1) is 18.8. The highest BCUT2D eigenvalue weighted by Gasteiger charge is 2.76. The Balaban J connectivity index is 5.78. The van der Waals surface area contributed by atoms with Crippen molar-refractivity contribution < 1.29 is 57.8 Å². The molecule has 0 spiro atoms. The van der Waals surface area contributed by atoms with E-state index in [0.717, 1.165) is 0 Å². The van der Waals surface area contributed by atoms with Gasteiger partial charge in [-0.05, 0) is 0 Å². The van der Waals surface area contributed by atoms with Gasteiger partial charge in [-0.25, -0.2) is 4.72 Å². The number of hydrogen-bond acceptors (Lipinski definition) is 4. The van der Waals surface area contributed by atoms with Crippen LogP contribution in [-0.2, 0) is 14.8 Å². The predicted molar refractivity (Wildman–Crippen MR) is 40.2 cm³/mol. The Morgan fingerprint density at radius 2 is 1.15 bits per heavy atom. The maximum absolute atomic E-state index is 12.0. The van der Waals surface area contributed by atoms with Crippen molar-refractivity contribution in [1.82, 2.24) is 4.72 Å². The molecule has 0 radical (unpaired) electrons. The molecule has 0 atom stereocenters. The van der Waals surface area contributed by atoms with Crippen molar-refractivity contribution in [2.24, 2.45) is 0 Å². The summed E-state index contributed by atoms with van der Waals surface area (Å²) in [5.74, 6) is -3.85. The van der Waals surface area contributed by atoms with Crippen molar-refractivity contribution in [3.8, 4) is 0 Å². The summed E-state index contributed by atoms with van der Waals surface area (Å²) >= 11 is 0. The zero-order chi connectivity index (χ0) is 16.8. The normalized spacial score (nSPS) is 15.1. The van der Waals surface area contributed by atoms with Crippen LogP contribution in [0.5, 0.6) is 0 Å². The van der Waals surface area contributed by atoms with Crippen LogP contribution in [0.4, 0.5) is 39.5 Å². The summed E-state index contributed by atoms with van der Waals surface area (Å²) in [6.45, 7) is 0. The quantitative estimate of drug-likeness (QED) is 0.727. The van der Waals surface area contributed by atoms with Gasteiger partial charge in [-0.2, -0.15) is 47.9 Å². The molecule has 0 bridgehead atoms. The third-order valence-electron chi connectivity index (χ3n) is 1.68. The third kappa shape index (κ3) is 3.08. The Hall–Kier alpha value is -1.25. The molecule has 120 valence electrons. The number of alkyl halides is 9. The molecular weight excluding hydrogens is 341 g/mol. The van der Waals surface area contributed by atoms with Gasteiger partial charge in [-0.15, -0.1) is 0 Å². The molecule has 0 aromatic carbocycles. The van der Waals surface area contributed by atoms with E-state index in [0.29, 0.717) is 0 Å². The molecule has 20 heavy (non-hydrogen) atoms. The smallest absolute Gasteiger partial charge is 0.366 e. The number of hydrogen-bond donors (Lipinski definition) is 2. The average molecular weight is 343 g/mol. The van der Waals surface area contributed by atoms with E-state index in [1.54, 1.807) is 0 Å². The van der Waals surface area contributed by atoms with Crippen molar-refractivity contribution in [3.05, 3.63) is 0 Å². The van der Waals surface area contributed by atoms with Crippen molar-refractivity contribution in [2.45, 2.75) is 23.5 Å². The third-order valence-corrected chi connectivity index (χ3v) is 2.74. The highest BCUT2D eigenvalue weighted by Crippen LogP contribution is 2.43. The molecule has 0 fully saturated rings. The van der Waals surface area contributed by atoms with Crippen LogP contribution in [0.25, 0.3) is 0 Å². The minimum atomic E-state index is -6.86. The van der Waals surface area contributed by atoms with Crippen LogP contribution in [0.3, 0.4) is 0 Å². The van der Waals surface area contributed by atoms with Crippen molar-refractivity contribution >= 4 is 15.9 Å². The molecule has 0 heterocycles. The lowest BCUT2D eigenvalue weighted by Gasteiger charge is -2.30. The van der Waals surface area contributed by atoms with E-state index < -0.39 is 44.1 Å². The summed E-state index contributed by atoms with van der Waals surface area (Å²) in [5, 5.41) is 8.29. The minimum Gasteiger partial charge on any atom is -0.366 e. The van der Waals surface area contributed by atoms with Crippen LogP contribution in [0, 0.1) is 0 Å². The lowest BCUT2D eigenvalue weighted by Crippen LogP contribution is -2.67. The summed E-state index contributed by atoms with van der Waals surface area (Å²) in [6, 6.07) is 0. The molecule has 2 N–H and O–H groups in total. The molecule has 0 saturated carbocycles. The number of sulfonamides is 1. The summed E-state index contributed by atoms with van der Waals surface area (Å²) in [7, 11) is -6.86. The fraction of sp³-hybridized carbons (Fsp3) is 0.800. The fourth-order valence-electron chi connectivity index (χ4n) is 0.672. The van der Waals surface area contributed by atoms with E-state index in [2.05, 4.69) is 0 Å².